The van der Waals surface area contributed by atoms with E-state index in [1.54, 1.807) is 30.5 Å². The van der Waals surface area contributed by atoms with E-state index < -0.39 is 20.9 Å². The number of benzene rings is 3. The van der Waals surface area contributed by atoms with Crippen LogP contribution in [0.4, 0.5) is 11.4 Å². The highest BCUT2D eigenvalue weighted by atomic mass is 35.5. The predicted octanol–water partition coefficient (Wildman–Crippen LogP) is 8.10. The number of aromatic amines is 1. The number of ether oxygens (including phenoxy) is 1. The number of sulfonamides is 1. The minimum Gasteiger partial charge on any atom is -0.455 e. The molecule has 0 saturated carbocycles. The van der Waals surface area contributed by atoms with E-state index in [1.165, 1.54) is 29.0 Å². The Morgan fingerprint density at radius 1 is 1.05 bits per heavy atom. The van der Waals surface area contributed by atoms with Gasteiger partial charge in [-0.25, -0.2) is 18.1 Å². The number of nitro benzene ring substituents is 1. The van der Waals surface area contributed by atoms with Crippen molar-refractivity contribution in [1.29, 1.82) is 0 Å². The summed E-state index contributed by atoms with van der Waals surface area (Å²) in [5, 5.41) is 13.7. The number of hydrogen-bond acceptors (Lipinski definition) is 10. The first-order valence-corrected chi connectivity index (χ1v) is 22.2. The molecule has 15 heteroatoms. The number of rotatable bonds is 12. The number of pyridine rings is 1. The molecular weight excluding hydrogens is 802 g/mol. The number of piperazine rings is 1. The zero-order valence-electron chi connectivity index (χ0n) is 34.3. The van der Waals surface area contributed by atoms with Crippen molar-refractivity contribution in [2.75, 3.05) is 58.3 Å². The van der Waals surface area contributed by atoms with Crippen LogP contribution in [-0.4, -0.2) is 92.4 Å². The molecule has 3 aliphatic rings. The zero-order valence-corrected chi connectivity index (χ0v) is 35.9. The van der Waals surface area contributed by atoms with Gasteiger partial charge in [-0.2, -0.15) is 0 Å². The SMILES string of the molecule is CN(C)C[C@@H]1Cc2cc(S(=O)(=O)NC(=O)c3ccc(N4CCN(CC5=C(c6ccc(Cl)cc6)CC(C)(C)CC5)CC4)cc3Oc3cnc4[nH]ccc4c3)cc([N+](=O)[O-])c2C1. The van der Waals surface area contributed by atoms with Crippen LogP contribution in [0.2, 0.25) is 5.02 Å². The molecule has 1 atom stereocenters. The van der Waals surface area contributed by atoms with Gasteiger partial charge in [0.2, 0.25) is 0 Å². The van der Waals surface area contributed by atoms with Crippen LogP contribution in [0.1, 0.15) is 60.2 Å². The Hall–Kier alpha value is -5.28. The van der Waals surface area contributed by atoms with E-state index in [0.29, 0.717) is 41.9 Å². The fourth-order valence-electron chi connectivity index (χ4n) is 8.96. The lowest BCUT2D eigenvalue weighted by atomic mass is 9.72. The molecule has 1 fully saturated rings. The van der Waals surface area contributed by atoms with Crippen molar-refractivity contribution < 1.29 is 22.9 Å². The third kappa shape index (κ3) is 9.07. The van der Waals surface area contributed by atoms with Crippen LogP contribution < -0.4 is 14.4 Å². The lowest BCUT2D eigenvalue weighted by Crippen LogP contribution is -2.47. The largest absolute Gasteiger partial charge is 0.455 e. The number of fused-ring (bicyclic) bond motifs is 2. The van der Waals surface area contributed by atoms with Crippen molar-refractivity contribution >= 4 is 55.5 Å². The van der Waals surface area contributed by atoms with Gasteiger partial charge in [-0.05, 0) is 117 Å². The van der Waals surface area contributed by atoms with Gasteiger partial charge < -0.3 is 19.5 Å². The Balaban J connectivity index is 1.03. The van der Waals surface area contributed by atoms with Crippen LogP contribution in [-0.2, 0) is 22.9 Å². The summed E-state index contributed by atoms with van der Waals surface area (Å²) in [4.78, 5) is 39.5. The number of allylic oxidation sites excluding steroid dienone is 1. The first-order valence-electron chi connectivity index (χ1n) is 20.3. The molecule has 0 bridgehead atoms. The zero-order chi connectivity index (χ0) is 42.3. The minimum atomic E-state index is -4.53. The molecule has 0 spiro atoms. The lowest BCUT2D eigenvalue weighted by molar-refractivity contribution is -0.385. The molecule has 1 aliphatic heterocycles. The summed E-state index contributed by atoms with van der Waals surface area (Å²) in [5.41, 5.74) is 6.71. The maximum atomic E-state index is 14.0. The molecule has 60 heavy (non-hydrogen) atoms. The van der Waals surface area contributed by atoms with Crippen molar-refractivity contribution in [3.63, 3.8) is 0 Å². The topological polar surface area (TPSA) is 154 Å². The summed E-state index contributed by atoms with van der Waals surface area (Å²) in [6, 6.07) is 19.4. The summed E-state index contributed by atoms with van der Waals surface area (Å²) >= 11 is 6.24. The fourth-order valence-corrected chi connectivity index (χ4v) is 10.1. The number of halogens is 1. The number of aromatic nitrogens is 2. The Bertz CT molecular complexity index is 2600. The molecule has 2 aromatic heterocycles. The Labute approximate surface area is 355 Å². The minimum absolute atomic E-state index is 0.0151. The average Bonchev–Trinajstić information content (AvgIpc) is 3.84. The summed E-state index contributed by atoms with van der Waals surface area (Å²) < 4.78 is 36.2. The molecule has 3 aromatic carbocycles. The van der Waals surface area contributed by atoms with Crippen molar-refractivity contribution in [2.24, 2.45) is 11.3 Å². The summed E-state index contributed by atoms with van der Waals surface area (Å²) in [5.74, 6) is -0.306. The molecule has 2 aliphatic carbocycles. The highest BCUT2D eigenvalue weighted by Crippen LogP contribution is 2.44. The predicted molar refractivity (Wildman–Crippen MR) is 234 cm³/mol. The van der Waals surface area contributed by atoms with Gasteiger partial charge in [0.25, 0.3) is 21.6 Å². The van der Waals surface area contributed by atoms with Crippen LogP contribution in [0, 0.1) is 21.4 Å². The molecule has 8 rings (SSSR count). The number of carbonyl (C=O) groups excluding carboxylic acids is 1. The van der Waals surface area contributed by atoms with E-state index >= 15 is 0 Å². The van der Waals surface area contributed by atoms with Gasteiger partial charge in [0, 0.05) is 79.3 Å². The maximum Gasteiger partial charge on any atom is 0.274 e. The van der Waals surface area contributed by atoms with Crippen LogP contribution in [0.5, 0.6) is 11.5 Å². The van der Waals surface area contributed by atoms with E-state index in [0.717, 1.165) is 74.1 Å². The monoisotopic (exact) mass is 851 g/mol. The fraction of sp³-hybridized carbons (Fsp3) is 0.378. The second kappa shape index (κ2) is 16.6. The van der Waals surface area contributed by atoms with Crippen molar-refractivity contribution in [3.05, 3.63) is 122 Å². The third-order valence-electron chi connectivity index (χ3n) is 12.0. The number of nitro groups is 1. The molecule has 3 heterocycles. The van der Waals surface area contributed by atoms with Gasteiger partial charge in [0.15, 0.2) is 0 Å². The molecule has 1 saturated heterocycles. The average molecular weight is 852 g/mol. The molecule has 1 amide bonds. The molecule has 0 unspecified atom stereocenters. The number of amides is 1. The quantitative estimate of drug-likeness (QED) is 0.0930. The molecule has 13 nitrogen and oxygen atoms in total. The van der Waals surface area contributed by atoms with Crippen LogP contribution in [0.15, 0.2) is 89.6 Å². The molecule has 314 valence electrons. The van der Waals surface area contributed by atoms with Gasteiger partial charge in [-0.15, -0.1) is 0 Å². The Morgan fingerprint density at radius 3 is 2.55 bits per heavy atom. The highest BCUT2D eigenvalue weighted by Gasteiger charge is 2.34. The highest BCUT2D eigenvalue weighted by molar-refractivity contribution is 7.90. The number of carbonyl (C=O) groups is 1. The van der Waals surface area contributed by atoms with Gasteiger partial charge in [0.1, 0.15) is 17.1 Å². The van der Waals surface area contributed by atoms with Gasteiger partial charge in [-0.1, -0.05) is 43.2 Å². The van der Waals surface area contributed by atoms with E-state index in [9.17, 15) is 23.3 Å². The standard InChI is InChI=1S/C45H50ClN7O6S/c1-45(2)13-11-32(40(25-45)30-5-7-34(46)8-6-30)28-51-15-17-52(18-16-51)35-9-10-38(42(23-35)59-36-21-31-12-14-47-43(31)48-26-36)44(54)49-60(57,58)37-22-33-19-29(27-50(3)4)20-39(33)41(24-37)53(55)56/h5-10,12,14,21-24,26,29H,11,13,15-20,25,27-28H2,1-4H3,(H,47,48)(H,49,54)/t29-/m1/s1. The molecular formula is C45H50ClN7O6S. The number of nitrogens with one attached hydrogen (secondary N) is 2. The molecule has 0 radical (unpaired) electrons. The normalized spacial score (nSPS) is 18.2. The van der Waals surface area contributed by atoms with Gasteiger partial charge in [-0.3, -0.25) is 19.8 Å². The second-order valence-electron chi connectivity index (χ2n) is 17.4. The Morgan fingerprint density at radius 2 is 1.82 bits per heavy atom. The van der Waals surface area contributed by atoms with E-state index in [4.69, 9.17) is 16.3 Å². The second-order valence-corrected chi connectivity index (χ2v) is 19.5. The van der Waals surface area contributed by atoms with Crippen LogP contribution in [0.25, 0.3) is 16.6 Å². The van der Waals surface area contributed by atoms with Crippen LogP contribution >= 0.6 is 11.6 Å². The first-order chi connectivity index (χ1) is 28.6. The summed E-state index contributed by atoms with van der Waals surface area (Å²) in [6.45, 7) is 9.39. The lowest BCUT2D eigenvalue weighted by Gasteiger charge is -2.39. The van der Waals surface area contributed by atoms with E-state index in [1.807, 2.05) is 37.2 Å². The first kappa shape index (κ1) is 41.5. The van der Waals surface area contributed by atoms with Crippen LogP contribution in [0.3, 0.4) is 0 Å². The third-order valence-corrected chi connectivity index (χ3v) is 13.6. The summed E-state index contributed by atoms with van der Waals surface area (Å²) in [7, 11) is -0.669. The smallest absolute Gasteiger partial charge is 0.274 e. The van der Waals surface area contributed by atoms with E-state index in [-0.39, 0.29) is 33.2 Å². The maximum absolute atomic E-state index is 14.0. The van der Waals surface area contributed by atoms with Crippen molar-refractivity contribution in [1.82, 2.24) is 24.5 Å². The van der Waals surface area contributed by atoms with Gasteiger partial charge in [0.05, 0.1) is 21.6 Å². The Kier molecular flexibility index (Phi) is 11.5. The van der Waals surface area contributed by atoms with Crippen molar-refractivity contribution in [2.45, 2.75) is 50.8 Å². The summed E-state index contributed by atoms with van der Waals surface area (Å²) in [6.07, 6.45) is 7.49. The number of nitrogens with zero attached hydrogens (tertiary/aromatic N) is 5. The van der Waals surface area contributed by atoms with Gasteiger partial charge >= 0.3 is 0 Å². The number of anilines is 1. The van der Waals surface area contributed by atoms with Crippen molar-refractivity contribution in [3.8, 4) is 11.5 Å². The number of hydrogen-bond donors (Lipinski definition) is 2. The number of H-pyrrole nitrogens is 1. The van der Waals surface area contributed by atoms with E-state index in [2.05, 4.69) is 50.5 Å². The molecule has 2 N–H and O–H groups in total. The molecule has 5 aromatic rings.